The van der Waals surface area contributed by atoms with Gasteiger partial charge in [-0.25, -0.2) is 5.43 Å². The van der Waals surface area contributed by atoms with E-state index in [9.17, 15) is 4.79 Å². The molecule has 0 atom stereocenters. The molecule has 156 valence electrons. The minimum atomic E-state index is -0.406. The van der Waals surface area contributed by atoms with Crippen molar-refractivity contribution >= 4 is 61.6 Å². The molecule has 0 saturated carbocycles. The Kier molecular flexibility index (Phi) is 6.72. The van der Waals surface area contributed by atoms with Crippen LogP contribution in [0.5, 0.6) is 5.75 Å². The summed E-state index contributed by atoms with van der Waals surface area (Å²) in [5.74, 6) is 0.604. The summed E-state index contributed by atoms with van der Waals surface area (Å²) in [6, 6.07) is 21.3. The Morgan fingerprint density at radius 1 is 1.13 bits per heavy atom. The van der Waals surface area contributed by atoms with Gasteiger partial charge in [-0.3, -0.25) is 4.79 Å². The molecule has 1 N–H and O–H groups in total. The van der Waals surface area contributed by atoms with Crippen molar-refractivity contribution in [2.75, 3.05) is 0 Å². The number of aryl methyl sites for hydroxylation is 1. The number of nitrogens with one attached hydrogen (secondary N) is 1. The van der Waals surface area contributed by atoms with Gasteiger partial charge in [-0.1, -0.05) is 45.8 Å². The second-order valence-electron chi connectivity index (χ2n) is 6.96. The first kappa shape index (κ1) is 21.6. The van der Waals surface area contributed by atoms with Gasteiger partial charge in [0.05, 0.1) is 9.78 Å². The van der Waals surface area contributed by atoms with Crippen LogP contribution in [0.25, 0.3) is 11.0 Å². The Hall–Kier alpha value is -2.65. The van der Waals surface area contributed by atoms with E-state index in [0.29, 0.717) is 12.2 Å². The van der Waals surface area contributed by atoms with E-state index in [1.165, 1.54) is 5.56 Å². The van der Waals surface area contributed by atoms with Gasteiger partial charge < -0.3 is 9.15 Å². The topological polar surface area (TPSA) is 63.8 Å². The van der Waals surface area contributed by atoms with Gasteiger partial charge in [0.2, 0.25) is 0 Å². The first-order valence-electron chi connectivity index (χ1n) is 9.48. The number of carbonyl (C=O) groups is 1. The molecule has 0 bridgehead atoms. The van der Waals surface area contributed by atoms with Crippen molar-refractivity contribution < 1.29 is 13.9 Å². The lowest BCUT2D eigenvalue weighted by Gasteiger charge is -2.09. The lowest BCUT2D eigenvalue weighted by Crippen LogP contribution is -2.16. The van der Waals surface area contributed by atoms with Crippen molar-refractivity contribution in [3.63, 3.8) is 0 Å². The molecule has 1 aromatic heterocycles. The third-order valence-corrected chi connectivity index (χ3v) is 5.89. The molecule has 1 amide bonds. The molecule has 0 aliphatic heterocycles. The average Bonchev–Trinajstić information content (AvgIpc) is 3.17. The van der Waals surface area contributed by atoms with Gasteiger partial charge in [0.15, 0.2) is 5.76 Å². The maximum Gasteiger partial charge on any atom is 0.307 e. The Morgan fingerprint density at radius 3 is 2.71 bits per heavy atom. The first-order valence-corrected chi connectivity index (χ1v) is 11.4. The molecule has 5 nitrogen and oxygen atoms in total. The molecule has 0 unspecified atom stereocenters. The van der Waals surface area contributed by atoms with Crippen LogP contribution in [0.2, 0.25) is 0 Å². The summed E-state index contributed by atoms with van der Waals surface area (Å²) in [5.41, 5.74) is 6.34. The van der Waals surface area contributed by atoms with Crippen molar-refractivity contribution in [2.45, 2.75) is 13.5 Å². The number of halogens is 2. The lowest BCUT2D eigenvalue weighted by molar-refractivity contribution is 0.0929. The molecular weight excluding hydrogens is 571 g/mol. The molecule has 0 aliphatic rings. The number of hydrogen-bond donors (Lipinski definition) is 1. The number of hydrazone groups is 1. The number of amides is 1. The Morgan fingerprint density at radius 2 is 1.94 bits per heavy atom. The SMILES string of the molecule is Cc1ccc(COc2ccc(/C=N/NC(=O)c3cc4cc(Br)ccc4o3)cc2I)cc1. The number of furan rings is 1. The highest BCUT2D eigenvalue weighted by atomic mass is 127. The van der Waals surface area contributed by atoms with Gasteiger partial charge in [-0.2, -0.15) is 5.10 Å². The molecule has 4 rings (SSSR count). The van der Waals surface area contributed by atoms with Gasteiger partial charge in [0.1, 0.15) is 17.9 Å². The molecule has 1 heterocycles. The quantitative estimate of drug-likeness (QED) is 0.160. The second kappa shape index (κ2) is 9.65. The molecule has 31 heavy (non-hydrogen) atoms. The number of nitrogens with zero attached hydrogens (tertiary/aromatic N) is 1. The van der Waals surface area contributed by atoms with Gasteiger partial charge >= 0.3 is 5.91 Å². The third kappa shape index (κ3) is 5.54. The maximum atomic E-state index is 12.3. The fourth-order valence-electron chi connectivity index (χ4n) is 2.91. The van der Waals surface area contributed by atoms with Crippen LogP contribution in [0.4, 0.5) is 0 Å². The Labute approximate surface area is 201 Å². The van der Waals surface area contributed by atoms with E-state index < -0.39 is 5.91 Å². The number of hydrogen-bond acceptors (Lipinski definition) is 4. The van der Waals surface area contributed by atoms with Crippen molar-refractivity contribution in [2.24, 2.45) is 5.10 Å². The van der Waals surface area contributed by atoms with Gasteiger partial charge in [-0.15, -0.1) is 0 Å². The van der Waals surface area contributed by atoms with Gasteiger partial charge in [-0.05, 0) is 83.1 Å². The summed E-state index contributed by atoms with van der Waals surface area (Å²) in [6.45, 7) is 2.57. The second-order valence-corrected chi connectivity index (χ2v) is 9.03. The van der Waals surface area contributed by atoms with Crippen molar-refractivity contribution in [3.8, 4) is 5.75 Å². The van der Waals surface area contributed by atoms with Crippen molar-refractivity contribution in [3.05, 3.63) is 97.2 Å². The maximum absolute atomic E-state index is 12.3. The predicted octanol–water partition coefficient (Wildman–Crippen LogP) is 6.45. The molecule has 0 radical (unpaired) electrons. The summed E-state index contributed by atoms with van der Waals surface area (Å²) in [4.78, 5) is 12.3. The standard InChI is InChI=1S/C24H18BrIN2O3/c1-15-2-4-16(5-3-15)14-30-22-8-6-17(10-20(22)26)13-27-28-24(29)23-12-18-11-19(25)7-9-21(18)31-23/h2-13H,14H2,1H3,(H,28,29)/b27-13+. The van der Waals surface area contributed by atoms with Crippen LogP contribution in [0.1, 0.15) is 27.2 Å². The van der Waals surface area contributed by atoms with Crippen molar-refractivity contribution in [1.29, 1.82) is 0 Å². The van der Waals surface area contributed by atoms with E-state index in [0.717, 1.165) is 30.3 Å². The molecule has 0 spiro atoms. The normalized spacial score (nSPS) is 11.2. The zero-order chi connectivity index (χ0) is 21.8. The number of carbonyl (C=O) groups excluding carboxylic acids is 1. The lowest BCUT2D eigenvalue weighted by atomic mass is 10.2. The fourth-order valence-corrected chi connectivity index (χ4v) is 3.98. The molecule has 3 aromatic carbocycles. The highest BCUT2D eigenvalue weighted by molar-refractivity contribution is 14.1. The summed E-state index contributed by atoms with van der Waals surface area (Å²) in [5, 5.41) is 4.89. The monoisotopic (exact) mass is 588 g/mol. The van der Waals surface area contributed by atoms with E-state index in [1.54, 1.807) is 12.3 Å². The van der Waals surface area contributed by atoms with E-state index in [-0.39, 0.29) is 5.76 Å². The van der Waals surface area contributed by atoms with E-state index in [4.69, 9.17) is 9.15 Å². The molecule has 0 saturated heterocycles. The summed E-state index contributed by atoms with van der Waals surface area (Å²) >= 11 is 5.63. The Balaban J connectivity index is 1.36. The summed E-state index contributed by atoms with van der Waals surface area (Å²) in [6.07, 6.45) is 1.59. The van der Waals surface area contributed by atoms with E-state index in [2.05, 4.69) is 80.2 Å². The van der Waals surface area contributed by atoms with Crippen LogP contribution in [0, 0.1) is 10.5 Å². The molecule has 4 aromatic rings. The average molecular weight is 589 g/mol. The highest BCUT2D eigenvalue weighted by Crippen LogP contribution is 2.24. The zero-order valence-electron chi connectivity index (χ0n) is 16.6. The minimum absolute atomic E-state index is 0.208. The summed E-state index contributed by atoms with van der Waals surface area (Å²) in [7, 11) is 0. The molecule has 7 heteroatoms. The molecule has 0 fully saturated rings. The first-order chi connectivity index (χ1) is 15.0. The van der Waals surface area contributed by atoms with Crippen LogP contribution >= 0.6 is 38.5 Å². The van der Waals surface area contributed by atoms with E-state index >= 15 is 0 Å². The van der Waals surface area contributed by atoms with Crippen LogP contribution in [-0.4, -0.2) is 12.1 Å². The van der Waals surface area contributed by atoms with Gasteiger partial charge in [0, 0.05) is 9.86 Å². The van der Waals surface area contributed by atoms with Crippen LogP contribution in [-0.2, 0) is 6.61 Å². The highest BCUT2D eigenvalue weighted by Gasteiger charge is 2.11. The van der Waals surface area contributed by atoms with Crippen molar-refractivity contribution in [1.82, 2.24) is 5.43 Å². The fraction of sp³-hybridized carbons (Fsp3) is 0.0833. The van der Waals surface area contributed by atoms with Crippen LogP contribution < -0.4 is 10.2 Å². The van der Waals surface area contributed by atoms with Crippen LogP contribution in [0.3, 0.4) is 0 Å². The molecule has 0 aliphatic carbocycles. The number of benzene rings is 3. The van der Waals surface area contributed by atoms with Crippen LogP contribution in [0.15, 0.2) is 80.7 Å². The predicted molar refractivity (Wildman–Crippen MR) is 134 cm³/mol. The van der Waals surface area contributed by atoms with E-state index in [1.807, 2.05) is 36.4 Å². The number of fused-ring (bicyclic) bond motifs is 1. The largest absolute Gasteiger partial charge is 0.488 e. The van der Waals surface area contributed by atoms with Gasteiger partial charge in [0.25, 0.3) is 0 Å². The zero-order valence-corrected chi connectivity index (χ0v) is 20.3. The Bertz CT molecular complexity index is 1270. The molecular formula is C24H18BrIN2O3. The number of rotatable bonds is 6. The number of ether oxygens (including phenoxy) is 1. The summed E-state index contributed by atoms with van der Waals surface area (Å²) < 4.78 is 13.4. The minimum Gasteiger partial charge on any atom is -0.488 e. The third-order valence-electron chi connectivity index (χ3n) is 4.55. The smallest absolute Gasteiger partial charge is 0.307 e.